The van der Waals surface area contributed by atoms with Crippen LogP contribution in [0.5, 0.6) is 0 Å². The van der Waals surface area contributed by atoms with Gasteiger partial charge in [0.25, 0.3) is 0 Å². The van der Waals surface area contributed by atoms with Gasteiger partial charge in [0.15, 0.2) is 0 Å². The van der Waals surface area contributed by atoms with E-state index in [9.17, 15) is 9.18 Å². The minimum absolute atomic E-state index is 0.0625. The van der Waals surface area contributed by atoms with E-state index in [2.05, 4.69) is 0 Å². The van der Waals surface area contributed by atoms with Gasteiger partial charge in [-0.2, -0.15) is 0 Å². The lowest BCUT2D eigenvalue weighted by Gasteiger charge is -2.17. The molecule has 0 spiro atoms. The van der Waals surface area contributed by atoms with Crippen LogP contribution in [-0.2, 0) is 6.42 Å². The molecule has 108 valence electrons. The number of nitrogens with two attached hydrogens (primary N) is 1. The number of carbonyl (C=O) groups excluding carboxylic acids is 1. The molecule has 0 aliphatic heterocycles. The molecule has 0 aromatic heterocycles. The second-order valence-corrected chi connectivity index (χ2v) is 5.87. The van der Waals surface area contributed by atoms with E-state index in [1.54, 1.807) is 6.07 Å². The predicted octanol–water partition coefficient (Wildman–Crippen LogP) is 3.96. The summed E-state index contributed by atoms with van der Waals surface area (Å²) in [5.74, 6) is -0.624. The minimum atomic E-state index is -0.440. The van der Waals surface area contributed by atoms with Gasteiger partial charge in [-0.15, -0.1) is 0 Å². The van der Waals surface area contributed by atoms with Crippen molar-refractivity contribution in [3.8, 4) is 0 Å². The van der Waals surface area contributed by atoms with Crippen molar-refractivity contribution in [2.75, 3.05) is 0 Å². The summed E-state index contributed by atoms with van der Waals surface area (Å²) in [6.07, 6.45) is 1.50. The first-order chi connectivity index (χ1) is 9.99. The Hall–Kier alpha value is -1.87. The molecule has 1 amide bonds. The van der Waals surface area contributed by atoms with Crippen LogP contribution in [0.2, 0.25) is 5.02 Å². The molecule has 0 heterocycles. The van der Waals surface area contributed by atoms with Gasteiger partial charge in [-0.05, 0) is 60.2 Å². The zero-order valence-corrected chi connectivity index (χ0v) is 12.4. The molecule has 2 N–H and O–H groups in total. The second kappa shape index (κ2) is 5.15. The summed E-state index contributed by atoms with van der Waals surface area (Å²) >= 11 is 5.99. The molecule has 1 atom stereocenters. The third-order valence-electron chi connectivity index (χ3n) is 4.27. The van der Waals surface area contributed by atoms with Gasteiger partial charge in [-0.25, -0.2) is 4.39 Å². The lowest BCUT2D eigenvalue weighted by molar-refractivity contribution is 0.0999. The van der Waals surface area contributed by atoms with Gasteiger partial charge in [-0.3, -0.25) is 4.79 Å². The normalized spacial score (nSPS) is 16.8. The highest BCUT2D eigenvalue weighted by molar-refractivity contribution is 6.30. The van der Waals surface area contributed by atoms with Gasteiger partial charge in [0.1, 0.15) is 5.82 Å². The first-order valence-electron chi connectivity index (χ1n) is 6.86. The molecule has 2 aromatic carbocycles. The number of benzene rings is 2. The smallest absolute Gasteiger partial charge is 0.248 e. The van der Waals surface area contributed by atoms with Crippen molar-refractivity contribution in [2.45, 2.75) is 25.7 Å². The molecule has 2 aromatic rings. The first kappa shape index (κ1) is 14.1. The van der Waals surface area contributed by atoms with Crippen molar-refractivity contribution in [3.63, 3.8) is 0 Å². The largest absolute Gasteiger partial charge is 0.366 e. The van der Waals surface area contributed by atoms with Crippen LogP contribution in [0.3, 0.4) is 0 Å². The molecular formula is C17H15ClFNO. The molecule has 1 aliphatic rings. The number of primary amides is 1. The lowest BCUT2D eigenvalue weighted by Crippen LogP contribution is -2.14. The molecular weight excluding hydrogens is 289 g/mol. The van der Waals surface area contributed by atoms with Gasteiger partial charge >= 0.3 is 0 Å². The maximum absolute atomic E-state index is 14.0. The summed E-state index contributed by atoms with van der Waals surface area (Å²) in [5, 5.41) is 0.404. The third kappa shape index (κ3) is 2.32. The van der Waals surface area contributed by atoms with Crippen LogP contribution >= 0.6 is 11.6 Å². The molecule has 0 unspecified atom stereocenters. The number of hydrogen-bond acceptors (Lipinski definition) is 1. The fourth-order valence-electron chi connectivity index (χ4n) is 3.26. The monoisotopic (exact) mass is 303 g/mol. The predicted molar refractivity (Wildman–Crippen MR) is 81.3 cm³/mol. The third-order valence-corrected chi connectivity index (χ3v) is 4.49. The van der Waals surface area contributed by atoms with Gasteiger partial charge in [0, 0.05) is 16.5 Å². The number of amides is 1. The molecule has 21 heavy (non-hydrogen) atoms. The fourth-order valence-corrected chi connectivity index (χ4v) is 3.48. The number of hydrogen-bond donors (Lipinski definition) is 1. The molecule has 0 saturated carbocycles. The molecule has 0 radical (unpaired) electrons. The van der Waals surface area contributed by atoms with E-state index in [1.165, 1.54) is 6.07 Å². The Balaban J connectivity index is 2.14. The second-order valence-electron chi connectivity index (χ2n) is 5.43. The van der Waals surface area contributed by atoms with Gasteiger partial charge in [-0.1, -0.05) is 23.7 Å². The Bertz CT molecular complexity index is 742. The maximum Gasteiger partial charge on any atom is 0.248 e. The van der Waals surface area contributed by atoms with Crippen LogP contribution in [0.15, 0.2) is 30.3 Å². The minimum Gasteiger partial charge on any atom is -0.366 e. The van der Waals surface area contributed by atoms with Crippen molar-refractivity contribution in [1.82, 2.24) is 0 Å². The summed E-state index contributed by atoms with van der Waals surface area (Å²) in [7, 11) is 0. The zero-order chi connectivity index (χ0) is 15.1. The number of fused-ring (bicyclic) bond motifs is 1. The highest BCUT2D eigenvalue weighted by Crippen LogP contribution is 2.42. The van der Waals surface area contributed by atoms with Crippen LogP contribution in [0.25, 0.3) is 0 Å². The van der Waals surface area contributed by atoms with Crippen LogP contribution in [0.1, 0.15) is 45.0 Å². The Morgan fingerprint density at radius 1 is 1.33 bits per heavy atom. The van der Waals surface area contributed by atoms with Crippen molar-refractivity contribution < 1.29 is 9.18 Å². The van der Waals surface area contributed by atoms with Crippen LogP contribution in [0, 0.1) is 12.7 Å². The lowest BCUT2D eigenvalue weighted by atomic mass is 9.88. The number of halogens is 2. The summed E-state index contributed by atoms with van der Waals surface area (Å²) in [4.78, 5) is 11.5. The van der Waals surface area contributed by atoms with Gasteiger partial charge < -0.3 is 5.73 Å². The van der Waals surface area contributed by atoms with Crippen LogP contribution < -0.4 is 5.73 Å². The SMILES string of the molecule is Cc1c(C(N)=O)cccc1[C@H]1CCc2c(F)cc(Cl)cc21. The molecule has 0 saturated heterocycles. The number of carbonyl (C=O) groups is 1. The molecule has 0 fully saturated rings. The van der Waals surface area contributed by atoms with Crippen LogP contribution in [0.4, 0.5) is 4.39 Å². The van der Waals surface area contributed by atoms with E-state index in [0.29, 0.717) is 17.0 Å². The quantitative estimate of drug-likeness (QED) is 0.896. The van der Waals surface area contributed by atoms with Crippen molar-refractivity contribution in [1.29, 1.82) is 0 Å². The Kier molecular flexibility index (Phi) is 3.46. The molecule has 0 bridgehead atoms. The zero-order valence-electron chi connectivity index (χ0n) is 11.6. The van der Waals surface area contributed by atoms with E-state index in [4.69, 9.17) is 17.3 Å². The van der Waals surface area contributed by atoms with Crippen LogP contribution in [-0.4, -0.2) is 5.91 Å². The summed E-state index contributed by atoms with van der Waals surface area (Å²) in [6, 6.07) is 8.70. The summed E-state index contributed by atoms with van der Waals surface area (Å²) in [6.45, 7) is 1.88. The molecule has 2 nitrogen and oxygen atoms in total. The average Bonchev–Trinajstić information content (AvgIpc) is 2.82. The van der Waals surface area contributed by atoms with E-state index >= 15 is 0 Å². The van der Waals surface area contributed by atoms with Crippen molar-refractivity contribution in [3.05, 3.63) is 69.0 Å². The Morgan fingerprint density at radius 2 is 2.10 bits per heavy atom. The molecule has 1 aliphatic carbocycles. The highest BCUT2D eigenvalue weighted by Gasteiger charge is 2.28. The molecule has 4 heteroatoms. The van der Waals surface area contributed by atoms with E-state index in [-0.39, 0.29) is 11.7 Å². The summed E-state index contributed by atoms with van der Waals surface area (Å²) in [5.41, 5.74) is 9.46. The first-order valence-corrected chi connectivity index (χ1v) is 7.24. The average molecular weight is 304 g/mol. The topological polar surface area (TPSA) is 43.1 Å². The van der Waals surface area contributed by atoms with Gasteiger partial charge in [0.05, 0.1) is 0 Å². The van der Waals surface area contributed by atoms with E-state index < -0.39 is 5.91 Å². The Morgan fingerprint density at radius 3 is 2.81 bits per heavy atom. The molecule has 3 rings (SSSR count). The van der Waals surface area contributed by atoms with E-state index in [0.717, 1.165) is 28.7 Å². The fraction of sp³-hybridized carbons (Fsp3) is 0.235. The standard InChI is InChI=1S/C17H15ClFNO/c1-9-11(3-2-4-12(9)17(20)21)13-5-6-14-15(13)7-10(18)8-16(14)19/h2-4,7-8,13H,5-6H2,1H3,(H2,20,21)/t13-/m1/s1. The number of rotatable bonds is 2. The Labute approximate surface area is 127 Å². The van der Waals surface area contributed by atoms with Crippen molar-refractivity contribution in [2.24, 2.45) is 5.73 Å². The van der Waals surface area contributed by atoms with Gasteiger partial charge in [0.2, 0.25) is 5.91 Å². The highest BCUT2D eigenvalue weighted by atomic mass is 35.5. The van der Waals surface area contributed by atoms with Crippen molar-refractivity contribution >= 4 is 17.5 Å². The maximum atomic E-state index is 14.0. The van der Waals surface area contributed by atoms with E-state index in [1.807, 2.05) is 25.1 Å². The summed E-state index contributed by atoms with van der Waals surface area (Å²) < 4.78 is 14.0.